The molecule has 1 atom stereocenters. The Labute approximate surface area is 173 Å². The number of nitrogens with one attached hydrogen (secondary N) is 1. The summed E-state index contributed by atoms with van der Waals surface area (Å²) in [6.45, 7) is 4.01. The molecule has 0 saturated heterocycles. The molecule has 0 saturated carbocycles. The minimum Gasteiger partial charge on any atom is -0.367 e. The monoisotopic (exact) mass is 384 g/mol. The van der Waals surface area contributed by atoms with Crippen molar-refractivity contribution in [2.24, 2.45) is 0 Å². The Morgan fingerprint density at radius 2 is 1.66 bits per heavy atom. The van der Waals surface area contributed by atoms with Crippen LogP contribution in [0.1, 0.15) is 40.4 Å². The van der Waals surface area contributed by atoms with Gasteiger partial charge in [0.05, 0.1) is 0 Å². The van der Waals surface area contributed by atoms with E-state index in [9.17, 15) is 4.79 Å². The Kier molecular flexibility index (Phi) is 5.95. The number of nitrogens with zero attached hydrogens (tertiary/aromatic N) is 1. The summed E-state index contributed by atoms with van der Waals surface area (Å²) < 4.78 is 0. The number of carbonyl (C=O) groups excluding carboxylic acids is 1. The average Bonchev–Trinajstić information content (AvgIpc) is 3.16. The molecule has 0 aliphatic carbocycles. The average molecular weight is 385 g/mol. The first kappa shape index (κ1) is 19.3. The molecule has 0 fully saturated rings. The number of fused-ring (bicyclic) bond motifs is 1. The first-order valence-corrected chi connectivity index (χ1v) is 10.5. The minimum atomic E-state index is 0.00336. The zero-order chi connectivity index (χ0) is 20.1. The van der Waals surface area contributed by atoms with E-state index in [0.717, 1.165) is 37.9 Å². The third-order valence-corrected chi connectivity index (χ3v) is 5.66. The number of hydrogen-bond donors (Lipinski definition) is 1. The smallest absolute Gasteiger partial charge is 0.251 e. The highest BCUT2D eigenvalue weighted by molar-refractivity contribution is 5.94. The van der Waals surface area contributed by atoms with E-state index in [1.165, 1.54) is 22.4 Å². The fraction of sp³-hybridized carbons (Fsp3) is 0.269. The number of anilines is 1. The van der Waals surface area contributed by atoms with Crippen molar-refractivity contribution in [1.29, 1.82) is 0 Å². The molecule has 0 aromatic heterocycles. The van der Waals surface area contributed by atoms with Gasteiger partial charge in [0.2, 0.25) is 0 Å². The van der Waals surface area contributed by atoms with Crippen LogP contribution >= 0.6 is 0 Å². The first-order chi connectivity index (χ1) is 14.2. The Balaban J connectivity index is 1.30. The van der Waals surface area contributed by atoms with Crippen LogP contribution in [-0.2, 0) is 19.4 Å². The lowest BCUT2D eigenvalue weighted by Gasteiger charge is -2.19. The van der Waals surface area contributed by atoms with Gasteiger partial charge in [-0.2, -0.15) is 0 Å². The van der Waals surface area contributed by atoms with E-state index in [1.807, 2.05) is 18.2 Å². The van der Waals surface area contributed by atoms with Crippen molar-refractivity contribution >= 4 is 11.6 Å². The zero-order valence-electron chi connectivity index (χ0n) is 17.0. The second kappa shape index (κ2) is 8.95. The van der Waals surface area contributed by atoms with E-state index in [1.54, 1.807) is 0 Å². The quantitative estimate of drug-likeness (QED) is 0.622. The van der Waals surface area contributed by atoms with E-state index >= 15 is 0 Å². The lowest BCUT2D eigenvalue weighted by Crippen LogP contribution is -2.32. The number of aryl methyl sites for hydroxylation is 1. The number of amides is 1. The Morgan fingerprint density at radius 1 is 0.931 bits per heavy atom. The van der Waals surface area contributed by atoms with E-state index in [2.05, 4.69) is 77.8 Å². The van der Waals surface area contributed by atoms with Gasteiger partial charge >= 0.3 is 0 Å². The van der Waals surface area contributed by atoms with E-state index in [-0.39, 0.29) is 11.9 Å². The second-order valence-corrected chi connectivity index (χ2v) is 7.90. The molecule has 3 nitrogen and oxygen atoms in total. The lowest BCUT2D eigenvalue weighted by atomic mass is 10.1. The Bertz CT molecular complexity index is 950. The van der Waals surface area contributed by atoms with Crippen LogP contribution in [0.25, 0.3) is 0 Å². The molecule has 3 aromatic rings. The van der Waals surface area contributed by atoms with Crippen LogP contribution in [0.2, 0.25) is 0 Å². The first-order valence-electron chi connectivity index (χ1n) is 10.5. The molecule has 3 heteroatoms. The summed E-state index contributed by atoms with van der Waals surface area (Å²) in [6, 6.07) is 27.2. The third-order valence-electron chi connectivity index (χ3n) is 5.66. The van der Waals surface area contributed by atoms with Crippen LogP contribution < -0.4 is 10.2 Å². The highest BCUT2D eigenvalue weighted by Crippen LogP contribution is 2.28. The third kappa shape index (κ3) is 4.86. The number of carbonyl (C=O) groups is 1. The summed E-state index contributed by atoms with van der Waals surface area (Å²) >= 11 is 0. The van der Waals surface area contributed by atoms with E-state index < -0.39 is 0 Å². The van der Waals surface area contributed by atoms with Crippen molar-refractivity contribution < 1.29 is 4.79 Å². The van der Waals surface area contributed by atoms with Crippen molar-refractivity contribution in [2.75, 3.05) is 11.4 Å². The lowest BCUT2D eigenvalue weighted by molar-refractivity contribution is 0.0938. The number of para-hydroxylation sites is 1. The van der Waals surface area contributed by atoms with Gasteiger partial charge in [-0.05, 0) is 61.1 Å². The summed E-state index contributed by atoms with van der Waals surface area (Å²) in [5, 5.41) is 3.12. The summed E-state index contributed by atoms with van der Waals surface area (Å²) in [5.74, 6) is 0.00336. The Hall–Kier alpha value is -3.07. The topological polar surface area (TPSA) is 32.3 Å². The summed E-state index contributed by atoms with van der Waals surface area (Å²) in [5.41, 5.74) is 6.02. The molecule has 0 spiro atoms. The van der Waals surface area contributed by atoms with E-state index in [0.29, 0.717) is 0 Å². The molecule has 1 aliphatic rings. The molecule has 1 heterocycles. The van der Waals surface area contributed by atoms with Gasteiger partial charge in [0.25, 0.3) is 5.91 Å². The van der Waals surface area contributed by atoms with Crippen LogP contribution in [0, 0.1) is 0 Å². The minimum absolute atomic E-state index is 0.00336. The van der Waals surface area contributed by atoms with Crippen LogP contribution in [0.5, 0.6) is 0 Å². The number of benzene rings is 3. The van der Waals surface area contributed by atoms with Crippen LogP contribution in [-0.4, -0.2) is 18.5 Å². The van der Waals surface area contributed by atoms with Gasteiger partial charge in [-0.3, -0.25) is 4.79 Å². The van der Waals surface area contributed by atoms with Crippen LogP contribution in [0.3, 0.4) is 0 Å². The zero-order valence-corrected chi connectivity index (χ0v) is 17.0. The standard InChI is InChI=1S/C26H28N2O/c1-20(11-12-21-7-3-2-4-8-21)27-26(29)24-15-13-22(14-16-24)19-28-18-17-23-9-5-6-10-25(23)28/h2-10,13-16,20H,11-12,17-19H2,1H3,(H,27,29)/t20-/m0/s1. The fourth-order valence-electron chi connectivity index (χ4n) is 3.96. The molecule has 1 N–H and O–H groups in total. The van der Waals surface area contributed by atoms with Crippen molar-refractivity contribution in [2.45, 2.75) is 38.8 Å². The largest absolute Gasteiger partial charge is 0.367 e. The predicted molar refractivity (Wildman–Crippen MR) is 119 cm³/mol. The second-order valence-electron chi connectivity index (χ2n) is 7.90. The summed E-state index contributed by atoms with van der Waals surface area (Å²) in [7, 11) is 0. The van der Waals surface area contributed by atoms with Gasteiger partial charge in [-0.25, -0.2) is 0 Å². The molecule has 29 heavy (non-hydrogen) atoms. The van der Waals surface area contributed by atoms with Gasteiger partial charge < -0.3 is 10.2 Å². The number of rotatable bonds is 7. The fourth-order valence-corrected chi connectivity index (χ4v) is 3.96. The van der Waals surface area contributed by atoms with Gasteiger partial charge in [-0.15, -0.1) is 0 Å². The summed E-state index contributed by atoms with van der Waals surface area (Å²) in [6.07, 6.45) is 3.01. The maximum atomic E-state index is 12.6. The van der Waals surface area contributed by atoms with Gasteiger partial charge in [-0.1, -0.05) is 60.7 Å². The van der Waals surface area contributed by atoms with Gasteiger partial charge in [0.1, 0.15) is 0 Å². The van der Waals surface area contributed by atoms with Crippen molar-refractivity contribution in [3.63, 3.8) is 0 Å². The van der Waals surface area contributed by atoms with Crippen LogP contribution in [0.4, 0.5) is 5.69 Å². The highest BCUT2D eigenvalue weighted by Gasteiger charge is 2.18. The molecule has 1 amide bonds. The molecular weight excluding hydrogens is 356 g/mol. The molecule has 148 valence electrons. The maximum Gasteiger partial charge on any atom is 0.251 e. The van der Waals surface area contributed by atoms with Crippen molar-refractivity contribution in [1.82, 2.24) is 5.32 Å². The SMILES string of the molecule is C[C@@H](CCc1ccccc1)NC(=O)c1ccc(CN2CCc3ccccc32)cc1. The van der Waals surface area contributed by atoms with Crippen LogP contribution in [0.15, 0.2) is 78.9 Å². The normalized spacial score (nSPS) is 13.8. The van der Waals surface area contributed by atoms with Gasteiger partial charge in [0.15, 0.2) is 0 Å². The highest BCUT2D eigenvalue weighted by atomic mass is 16.1. The molecule has 0 radical (unpaired) electrons. The van der Waals surface area contributed by atoms with Crippen molar-refractivity contribution in [3.05, 3.63) is 101 Å². The van der Waals surface area contributed by atoms with Gasteiger partial charge in [0, 0.05) is 30.4 Å². The molecule has 1 aliphatic heterocycles. The molecule has 4 rings (SSSR count). The predicted octanol–water partition coefficient (Wildman–Crippen LogP) is 5.00. The molecule has 0 bridgehead atoms. The molecular formula is C26H28N2O. The van der Waals surface area contributed by atoms with E-state index in [4.69, 9.17) is 0 Å². The summed E-state index contributed by atoms with van der Waals surface area (Å²) in [4.78, 5) is 15.0. The molecule has 3 aromatic carbocycles. The maximum absolute atomic E-state index is 12.6. The Morgan fingerprint density at radius 3 is 2.45 bits per heavy atom. The molecule has 0 unspecified atom stereocenters. The number of hydrogen-bond acceptors (Lipinski definition) is 2. The van der Waals surface area contributed by atoms with Crippen molar-refractivity contribution in [3.8, 4) is 0 Å².